The lowest BCUT2D eigenvalue weighted by molar-refractivity contribution is -0.120. The van der Waals surface area contributed by atoms with E-state index in [-0.39, 0.29) is 17.6 Å². The Kier molecular flexibility index (Phi) is 6.23. The summed E-state index contributed by atoms with van der Waals surface area (Å²) in [5.41, 5.74) is 6.63. The maximum atomic E-state index is 13.8. The van der Waals surface area contributed by atoms with Gasteiger partial charge in [-0.05, 0) is 61.9 Å². The highest BCUT2D eigenvalue weighted by atomic mass is 32.1. The van der Waals surface area contributed by atoms with E-state index >= 15 is 0 Å². The average molecular weight is 540 g/mol. The van der Waals surface area contributed by atoms with Crippen LogP contribution in [0.3, 0.4) is 0 Å². The number of thiazole rings is 1. The predicted molar refractivity (Wildman–Crippen MR) is 150 cm³/mol. The van der Waals surface area contributed by atoms with Crippen LogP contribution in [-0.4, -0.2) is 32.6 Å². The molecule has 6 rings (SSSR count). The molecule has 1 aliphatic heterocycles. The largest absolute Gasteiger partial charge is 0.345 e. The van der Waals surface area contributed by atoms with Crippen LogP contribution >= 0.6 is 11.3 Å². The number of nitrogens with zero attached hydrogens (tertiary/aromatic N) is 4. The van der Waals surface area contributed by atoms with Crippen LogP contribution < -0.4 is 10.2 Å². The van der Waals surface area contributed by atoms with Crippen molar-refractivity contribution in [3.05, 3.63) is 106 Å². The number of aryl methyl sites for hydroxylation is 2. The maximum Gasteiger partial charge on any atom is 0.263 e. The number of halogens is 1. The molecular weight excluding hydrogens is 513 g/mol. The first-order chi connectivity index (χ1) is 18.8. The smallest absolute Gasteiger partial charge is 0.263 e. The van der Waals surface area contributed by atoms with Gasteiger partial charge in [0.05, 0.1) is 46.6 Å². The van der Waals surface area contributed by atoms with E-state index in [4.69, 9.17) is 0 Å². The SMILES string of the molecule is Cc1cccc([C@@H]2[C@@H](NC(=O)c3scnc3C)[C@H](C)C(=O)N2c2ccc3c(cnn3-c3ccc(F)cc3)c2)c1. The number of aromatic nitrogens is 3. The Morgan fingerprint density at radius 3 is 2.51 bits per heavy atom. The van der Waals surface area contributed by atoms with Gasteiger partial charge in [0, 0.05) is 11.1 Å². The van der Waals surface area contributed by atoms with Crippen LogP contribution in [0.2, 0.25) is 0 Å². The predicted octanol–water partition coefficient (Wildman–Crippen LogP) is 5.76. The van der Waals surface area contributed by atoms with Crippen molar-refractivity contribution >= 4 is 39.7 Å². The van der Waals surface area contributed by atoms with E-state index < -0.39 is 18.0 Å². The molecule has 7 nitrogen and oxygen atoms in total. The number of benzene rings is 3. The second kappa shape index (κ2) is 9.74. The molecule has 5 aromatic rings. The molecule has 1 aliphatic rings. The number of anilines is 1. The zero-order valence-corrected chi connectivity index (χ0v) is 22.4. The molecule has 2 aromatic heterocycles. The number of rotatable bonds is 5. The highest BCUT2D eigenvalue weighted by Crippen LogP contribution is 2.41. The van der Waals surface area contributed by atoms with Gasteiger partial charge in [-0.15, -0.1) is 11.3 Å². The van der Waals surface area contributed by atoms with Crippen molar-refractivity contribution in [1.29, 1.82) is 0 Å². The maximum absolute atomic E-state index is 13.8. The van der Waals surface area contributed by atoms with Gasteiger partial charge in [0.1, 0.15) is 10.7 Å². The van der Waals surface area contributed by atoms with Gasteiger partial charge < -0.3 is 10.2 Å². The fraction of sp³-hybridized carbons (Fsp3) is 0.200. The summed E-state index contributed by atoms with van der Waals surface area (Å²) in [4.78, 5) is 33.6. The molecule has 0 spiro atoms. The molecule has 9 heteroatoms. The van der Waals surface area contributed by atoms with Crippen LogP contribution in [0.5, 0.6) is 0 Å². The number of carbonyl (C=O) groups excluding carboxylic acids is 2. The van der Waals surface area contributed by atoms with Crippen LogP contribution in [0.4, 0.5) is 10.1 Å². The Labute approximate surface area is 228 Å². The van der Waals surface area contributed by atoms with E-state index in [1.54, 1.807) is 40.3 Å². The van der Waals surface area contributed by atoms with Crippen molar-refractivity contribution in [2.24, 2.45) is 5.92 Å². The molecule has 196 valence electrons. The van der Waals surface area contributed by atoms with E-state index in [1.807, 2.05) is 50.2 Å². The van der Waals surface area contributed by atoms with Crippen molar-refractivity contribution in [3.63, 3.8) is 0 Å². The van der Waals surface area contributed by atoms with Crippen LogP contribution in [0, 0.1) is 25.6 Å². The Bertz CT molecular complexity index is 1710. The number of hydrogen-bond acceptors (Lipinski definition) is 5. The molecule has 0 aliphatic carbocycles. The third kappa shape index (κ3) is 4.38. The first-order valence-electron chi connectivity index (χ1n) is 12.7. The average Bonchev–Trinajstić information content (AvgIpc) is 3.61. The standard InChI is InChI=1S/C30H26FN5O2S/c1-17-5-4-6-20(13-17)27-26(34-29(37)28-19(3)32-16-39-28)18(2)30(38)35(27)24-11-12-25-21(14-24)15-33-36(25)23-9-7-22(31)8-10-23/h4-16,18,26-27H,1-3H3,(H,34,37)/t18-,26-,27+/m0/s1. The quantitative estimate of drug-likeness (QED) is 0.308. The highest BCUT2D eigenvalue weighted by molar-refractivity contribution is 7.11. The molecule has 39 heavy (non-hydrogen) atoms. The Hall–Kier alpha value is -4.37. The molecule has 0 saturated carbocycles. The van der Waals surface area contributed by atoms with Crippen molar-refractivity contribution in [1.82, 2.24) is 20.1 Å². The summed E-state index contributed by atoms with van der Waals surface area (Å²) < 4.78 is 15.2. The van der Waals surface area contributed by atoms with E-state index in [0.717, 1.165) is 33.4 Å². The number of carbonyl (C=O) groups is 2. The zero-order valence-electron chi connectivity index (χ0n) is 21.6. The Morgan fingerprint density at radius 1 is 1.03 bits per heavy atom. The molecular formula is C30H26FN5O2S. The molecule has 3 aromatic carbocycles. The van der Waals surface area contributed by atoms with Gasteiger partial charge in [-0.25, -0.2) is 14.1 Å². The minimum atomic E-state index is -0.453. The third-order valence-electron chi connectivity index (χ3n) is 7.32. The second-order valence-electron chi connectivity index (χ2n) is 9.90. The van der Waals surface area contributed by atoms with Gasteiger partial charge in [-0.1, -0.05) is 36.8 Å². The molecule has 0 unspecified atom stereocenters. The van der Waals surface area contributed by atoms with Crippen LogP contribution in [0.15, 0.2) is 78.4 Å². The monoisotopic (exact) mass is 539 g/mol. The summed E-state index contributed by atoms with van der Waals surface area (Å²) in [6.07, 6.45) is 1.74. The fourth-order valence-electron chi connectivity index (χ4n) is 5.34. The van der Waals surface area contributed by atoms with Crippen LogP contribution in [0.25, 0.3) is 16.6 Å². The summed E-state index contributed by atoms with van der Waals surface area (Å²) in [6, 6.07) is 19.1. The summed E-state index contributed by atoms with van der Waals surface area (Å²) in [5.74, 6) is -1.06. The normalized spacial score (nSPS) is 19.1. The number of hydrogen-bond donors (Lipinski definition) is 1. The minimum absolute atomic E-state index is 0.0712. The third-order valence-corrected chi connectivity index (χ3v) is 8.25. The van der Waals surface area contributed by atoms with Crippen molar-refractivity contribution in [2.75, 3.05) is 4.90 Å². The molecule has 1 saturated heterocycles. The molecule has 3 atom stereocenters. The van der Waals surface area contributed by atoms with Crippen LogP contribution in [0.1, 0.15) is 39.5 Å². The summed E-state index contributed by atoms with van der Waals surface area (Å²) >= 11 is 1.29. The number of amides is 2. The first kappa shape index (κ1) is 24.9. The first-order valence-corrected chi connectivity index (χ1v) is 13.5. The summed E-state index contributed by atoms with van der Waals surface area (Å²) in [5, 5.41) is 8.51. The second-order valence-corrected chi connectivity index (χ2v) is 10.8. The summed E-state index contributed by atoms with van der Waals surface area (Å²) in [7, 11) is 0. The fourth-order valence-corrected chi connectivity index (χ4v) is 6.05. The van der Waals surface area contributed by atoms with E-state index in [1.165, 1.54) is 23.5 Å². The van der Waals surface area contributed by atoms with E-state index in [9.17, 15) is 14.0 Å². The summed E-state index contributed by atoms with van der Waals surface area (Å²) in [6.45, 7) is 5.68. The molecule has 1 fully saturated rings. The van der Waals surface area contributed by atoms with E-state index in [2.05, 4.69) is 21.5 Å². The lowest BCUT2D eigenvalue weighted by Gasteiger charge is -2.29. The molecule has 2 amide bonds. The lowest BCUT2D eigenvalue weighted by atomic mass is 9.93. The molecule has 3 heterocycles. The molecule has 0 bridgehead atoms. The van der Waals surface area contributed by atoms with Crippen molar-refractivity contribution in [3.8, 4) is 5.69 Å². The number of nitrogens with one attached hydrogen (secondary N) is 1. The van der Waals surface area contributed by atoms with Gasteiger partial charge in [0.25, 0.3) is 5.91 Å². The zero-order chi connectivity index (χ0) is 27.3. The number of fused-ring (bicyclic) bond motifs is 1. The van der Waals surface area contributed by atoms with Gasteiger partial charge in [-0.3, -0.25) is 9.59 Å². The topological polar surface area (TPSA) is 80.1 Å². The Morgan fingerprint density at radius 2 is 1.79 bits per heavy atom. The lowest BCUT2D eigenvalue weighted by Crippen LogP contribution is -2.42. The highest BCUT2D eigenvalue weighted by Gasteiger charge is 2.48. The van der Waals surface area contributed by atoms with Crippen LogP contribution in [-0.2, 0) is 4.79 Å². The molecule has 0 radical (unpaired) electrons. The van der Waals surface area contributed by atoms with Crippen molar-refractivity contribution < 1.29 is 14.0 Å². The van der Waals surface area contributed by atoms with Gasteiger partial charge in [-0.2, -0.15) is 5.10 Å². The van der Waals surface area contributed by atoms with Crippen molar-refractivity contribution in [2.45, 2.75) is 32.9 Å². The van der Waals surface area contributed by atoms with Gasteiger partial charge in [0.15, 0.2) is 0 Å². The Balaban J connectivity index is 1.41. The van der Waals surface area contributed by atoms with Gasteiger partial charge >= 0.3 is 0 Å². The van der Waals surface area contributed by atoms with E-state index in [0.29, 0.717) is 10.6 Å². The molecule has 1 N–H and O–H groups in total. The van der Waals surface area contributed by atoms with Gasteiger partial charge in [0.2, 0.25) is 5.91 Å². The minimum Gasteiger partial charge on any atom is -0.345 e.